The molecule has 94 heavy (non-hydrogen) atoms. The molecule has 6 aromatic heterocycles. The van der Waals surface area contributed by atoms with Crippen LogP contribution in [0.5, 0.6) is 0 Å². The van der Waals surface area contributed by atoms with Gasteiger partial charge in [0, 0.05) is 88.0 Å². The highest BCUT2D eigenvalue weighted by Crippen LogP contribution is 2.43. The van der Waals surface area contributed by atoms with Crippen molar-refractivity contribution in [3.05, 3.63) is 328 Å². The number of rotatable bonds is 9. The maximum absolute atomic E-state index is 5.16. The van der Waals surface area contributed by atoms with E-state index in [1.54, 1.807) is 0 Å². The third-order valence-electron chi connectivity index (χ3n) is 17.9. The molecule has 0 radical (unpaired) electrons. The van der Waals surface area contributed by atoms with E-state index in [4.69, 9.17) is 29.9 Å². The number of nitrogens with zero attached hydrogens (tertiary/aromatic N) is 10. The Bertz CT molecular complexity index is 5770. The number of para-hydroxylation sites is 7. The minimum Gasteiger partial charge on any atom is -0.309 e. The molecule has 0 aliphatic heterocycles. The summed E-state index contributed by atoms with van der Waals surface area (Å²) in [7, 11) is 0. The summed E-state index contributed by atoms with van der Waals surface area (Å²) < 4.78 is 9.23. The van der Waals surface area contributed by atoms with Crippen molar-refractivity contribution in [2.24, 2.45) is 0 Å². The van der Waals surface area contributed by atoms with Crippen molar-refractivity contribution in [3.8, 4) is 79.9 Å². The molecule has 0 amide bonds. The second kappa shape index (κ2) is 22.5. The molecule has 0 aliphatic rings. The molecule has 19 aromatic rings. The smallest absolute Gasteiger partial charge is 0.238 e. The van der Waals surface area contributed by atoms with E-state index in [0.29, 0.717) is 35.1 Å². The van der Waals surface area contributed by atoms with Crippen LogP contribution in [0, 0.1) is 0 Å². The van der Waals surface area contributed by atoms with E-state index in [1.165, 1.54) is 32.3 Å². The fourth-order valence-electron chi connectivity index (χ4n) is 13.8. The average Bonchev–Trinajstić information content (AvgIpc) is 1.55. The summed E-state index contributed by atoms with van der Waals surface area (Å²) in [6.45, 7) is 0. The summed E-state index contributed by atoms with van der Waals surface area (Å²) in [5, 5.41) is 9.57. The van der Waals surface area contributed by atoms with Crippen LogP contribution < -0.4 is 0 Å². The SMILES string of the molecule is c1ccc(-c2nc(-c3cccc(-n4c5ccccc5c5ccccc54)c3)nc(-c3cccc(-n4c5ccccc5c5ccccc54)c3)n2)cc1.c1ccc(-c2nc(-c3ccccc3)nc(-n3c4ccccc4c4ccc5c(c6ccccc6n5-c5ccccc5)c43)n2)cc1. The first-order chi connectivity index (χ1) is 46.6. The van der Waals surface area contributed by atoms with Crippen molar-refractivity contribution >= 4 is 87.2 Å². The van der Waals surface area contributed by atoms with Gasteiger partial charge in [-0.3, -0.25) is 4.57 Å². The Labute approximate surface area is 539 Å². The molecule has 0 unspecified atom stereocenters. The first-order valence-electron chi connectivity index (χ1n) is 31.5. The van der Waals surface area contributed by atoms with Crippen molar-refractivity contribution in [3.63, 3.8) is 0 Å². The van der Waals surface area contributed by atoms with Crippen LogP contribution in [0.3, 0.4) is 0 Å². The summed E-state index contributed by atoms with van der Waals surface area (Å²) in [6, 6.07) is 114. The van der Waals surface area contributed by atoms with Crippen LogP contribution in [-0.2, 0) is 0 Å². The van der Waals surface area contributed by atoms with Crippen LogP contribution in [0.1, 0.15) is 0 Å². The zero-order valence-electron chi connectivity index (χ0n) is 50.6. The molecule has 0 aliphatic carbocycles. The Morgan fingerprint density at radius 3 is 0.883 bits per heavy atom. The summed E-state index contributed by atoms with van der Waals surface area (Å²) in [5.41, 5.74) is 17.0. The summed E-state index contributed by atoms with van der Waals surface area (Å²) in [4.78, 5) is 30.6. The summed E-state index contributed by atoms with van der Waals surface area (Å²) in [5.74, 6) is 3.75. The average molecular weight is 1200 g/mol. The van der Waals surface area contributed by atoms with Crippen LogP contribution >= 0.6 is 0 Å². The molecular weight excluding hydrogens is 1150 g/mol. The third-order valence-corrected chi connectivity index (χ3v) is 17.9. The predicted molar refractivity (Wildman–Crippen MR) is 384 cm³/mol. The molecule has 0 fully saturated rings. The predicted octanol–water partition coefficient (Wildman–Crippen LogP) is 20.5. The number of hydrogen-bond acceptors (Lipinski definition) is 6. The molecule has 0 bridgehead atoms. The number of aromatic nitrogens is 10. The highest BCUT2D eigenvalue weighted by Gasteiger charge is 2.24. The Kier molecular flexibility index (Phi) is 13.0. The topological polar surface area (TPSA) is 97.1 Å². The van der Waals surface area contributed by atoms with Crippen molar-refractivity contribution in [2.45, 2.75) is 0 Å². The Hall–Kier alpha value is -12.9. The Balaban J connectivity index is 0.000000139. The van der Waals surface area contributed by atoms with Gasteiger partial charge in [-0.05, 0) is 78.9 Å². The van der Waals surface area contributed by atoms with Gasteiger partial charge in [0.15, 0.2) is 29.1 Å². The van der Waals surface area contributed by atoms with Crippen LogP contribution in [0.25, 0.3) is 167 Å². The van der Waals surface area contributed by atoms with E-state index in [1.807, 2.05) is 91.0 Å². The maximum Gasteiger partial charge on any atom is 0.238 e. The van der Waals surface area contributed by atoms with Gasteiger partial charge in [-0.15, -0.1) is 0 Å². The zero-order chi connectivity index (χ0) is 62.1. The lowest BCUT2D eigenvalue weighted by molar-refractivity contribution is 0.955. The van der Waals surface area contributed by atoms with E-state index < -0.39 is 0 Å². The fraction of sp³-hybridized carbons (Fsp3) is 0. The number of benzene rings is 13. The monoisotopic (exact) mass is 1200 g/mol. The maximum atomic E-state index is 5.16. The second-order valence-corrected chi connectivity index (χ2v) is 23.4. The molecule has 0 N–H and O–H groups in total. The summed E-state index contributed by atoms with van der Waals surface area (Å²) in [6.07, 6.45) is 0. The van der Waals surface area contributed by atoms with Crippen molar-refractivity contribution < 1.29 is 0 Å². The minimum absolute atomic E-state index is 0.591. The van der Waals surface area contributed by atoms with E-state index >= 15 is 0 Å². The van der Waals surface area contributed by atoms with Crippen LogP contribution in [0.4, 0.5) is 0 Å². The molecular formula is C84H54N10. The normalized spacial score (nSPS) is 11.6. The van der Waals surface area contributed by atoms with E-state index in [2.05, 4.69) is 255 Å². The molecule has 0 atom stereocenters. The molecule has 0 spiro atoms. The number of hydrogen-bond donors (Lipinski definition) is 0. The minimum atomic E-state index is 0.591. The lowest BCUT2D eigenvalue weighted by Gasteiger charge is -2.12. The van der Waals surface area contributed by atoms with Gasteiger partial charge < -0.3 is 13.7 Å². The van der Waals surface area contributed by atoms with Gasteiger partial charge in [-0.25, -0.2) is 19.9 Å². The highest BCUT2D eigenvalue weighted by molar-refractivity contribution is 6.26. The molecule has 6 heterocycles. The standard InChI is InChI=1S/C45H29N5.C39H25N5/c1-2-14-30(15-3-1)43-46-44(31-16-12-18-33(28-31)49-39-24-8-4-20-35(39)36-21-5-9-25-40(36)49)48-45(47-43)32-17-13-19-34(29-32)50-41-26-10-6-22-37(41)38-23-7-11-27-42(38)50;1-4-14-26(15-5-1)37-40-38(27-16-6-2-7-17-27)42-39(41-37)44-32-22-12-10-20-29(32)30-24-25-34-35(36(30)44)31-21-11-13-23-33(31)43(34)28-18-8-3-9-19-28/h1-29H;1-25H. The van der Waals surface area contributed by atoms with Gasteiger partial charge >= 0.3 is 0 Å². The molecule has 10 nitrogen and oxygen atoms in total. The third kappa shape index (κ3) is 9.11. The van der Waals surface area contributed by atoms with E-state index in [-0.39, 0.29) is 0 Å². The first-order valence-corrected chi connectivity index (χ1v) is 31.5. The van der Waals surface area contributed by atoms with E-state index in [9.17, 15) is 0 Å². The van der Waals surface area contributed by atoms with E-state index in [0.717, 1.165) is 99.8 Å². The summed E-state index contributed by atoms with van der Waals surface area (Å²) >= 11 is 0. The first kappa shape index (κ1) is 54.1. The quantitative estimate of drug-likeness (QED) is 0.143. The number of fused-ring (bicyclic) bond motifs is 13. The molecule has 19 rings (SSSR count). The van der Waals surface area contributed by atoms with Gasteiger partial charge in [0.1, 0.15) is 0 Å². The Morgan fingerprint density at radius 1 is 0.181 bits per heavy atom. The fourth-order valence-corrected chi connectivity index (χ4v) is 13.8. The zero-order valence-corrected chi connectivity index (χ0v) is 50.6. The molecule has 440 valence electrons. The van der Waals surface area contributed by atoms with Crippen molar-refractivity contribution in [1.29, 1.82) is 0 Å². The Morgan fingerprint density at radius 2 is 0.468 bits per heavy atom. The second-order valence-electron chi connectivity index (χ2n) is 23.4. The van der Waals surface area contributed by atoms with Crippen LogP contribution in [0.2, 0.25) is 0 Å². The van der Waals surface area contributed by atoms with Crippen LogP contribution in [0.15, 0.2) is 328 Å². The lowest BCUT2D eigenvalue weighted by Crippen LogP contribution is -2.06. The molecule has 0 saturated heterocycles. The van der Waals surface area contributed by atoms with Gasteiger partial charge in [-0.2, -0.15) is 9.97 Å². The lowest BCUT2D eigenvalue weighted by atomic mass is 10.1. The van der Waals surface area contributed by atoms with Gasteiger partial charge in [0.2, 0.25) is 5.95 Å². The largest absolute Gasteiger partial charge is 0.309 e. The van der Waals surface area contributed by atoms with Crippen LogP contribution in [-0.4, -0.2) is 48.2 Å². The van der Waals surface area contributed by atoms with Gasteiger partial charge in [0.25, 0.3) is 0 Å². The van der Waals surface area contributed by atoms with Gasteiger partial charge in [0.05, 0.1) is 44.1 Å². The molecule has 0 saturated carbocycles. The highest BCUT2D eigenvalue weighted by atomic mass is 15.2. The van der Waals surface area contributed by atoms with Crippen molar-refractivity contribution in [2.75, 3.05) is 0 Å². The molecule has 13 aromatic carbocycles. The van der Waals surface area contributed by atoms with Crippen molar-refractivity contribution in [1.82, 2.24) is 48.2 Å². The molecule has 10 heteroatoms. The van der Waals surface area contributed by atoms with Gasteiger partial charge in [-0.1, -0.05) is 249 Å².